The number of piperidine rings is 1. The summed E-state index contributed by atoms with van der Waals surface area (Å²) in [6.45, 7) is 7.84. The van der Waals surface area contributed by atoms with E-state index in [1.807, 2.05) is 25.5 Å². The Morgan fingerprint density at radius 3 is 2.48 bits per heavy atom. The fraction of sp³-hybridized carbons (Fsp3) is 0.750. The second kappa shape index (κ2) is 7.90. The minimum Gasteiger partial charge on any atom is -0.476 e. The Kier molecular flexibility index (Phi) is 5.77. The molecule has 1 amide bonds. The molecule has 0 spiro atoms. The van der Waals surface area contributed by atoms with Gasteiger partial charge in [0.2, 0.25) is 0 Å². The van der Waals surface area contributed by atoms with Crippen molar-refractivity contribution in [2.24, 2.45) is 5.92 Å². The molecule has 150 valence electrons. The van der Waals surface area contributed by atoms with Gasteiger partial charge in [-0.25, -0.2) is 9.59 Å². The molecule has 0 aromatic carbocycles. The normalized spacial score (nSPS) is 18.3. The van der Waals surface area contributed by atoms with Crippen LogP contribution in [0.1, 0.15) is 74.6 Å². The Morgan fingerprint density at radius 1 is 1.19 bits per heavy atom. The van der Waals surface area contributed by atoms with Crippen LogP contribution in [0.3, 0.4) is 0 Å². The fourth-order valence-corrected chi connectivity index (χ4v) is 4.06. The third kappa shape index (κ3) is 4.82. The number of fused-ring (bicyclic) bond motifs is 1. The average molecular weight is 377 g/mol. The number of carbonyl (C=O) groups is 2. The number of hydrogen-bond acceptors (Lipinski definition) is 4. The van der Waals surface area contributed by atoms with Crippen molar-refractivity contribution in [1.29, 1.82) is 0 Å². The molecule has 0 unspecified atom stereocenters. The van der Waals surface area contributed by atoms with E-state index in [2.05, 4.69) is 5.10 Å². The molecular formula is C20H31N3O4. The quantitative estimate of drug-likeness (QED) is 0.868. The number of aryl methyl sites for hydroxylation is 1. The number of nitrogens with zero attached hydrogens (tertiary/aromatic N) is 3. The minimum absolute atomic E-state index is 0.229. The predicted molar refractivity (Wildman–Crippen MR) is 101 cm³/mol. The third-order valence-electron chi connectivity index (χ3n) is 5.47. The molecule has 1 aromatic heterocycles. The van der Waals surface area contributed by atoms with Crippen LogP contribution in [0.25, 0.3) is 0 Å². The number of carbonyl (C=O) groups excluding carboxylic acids is 1. The monoisotopic (exact) mass is 377 g/mol. The van der Waals surface area contributed by atoms with Gasteiger partial charge in [-0.2, -0.15) is 5.10 Å². The Balaban J connectivity index is 1.54. The van der Waals surface area contributed by atoms with E-state index in [-0.39, 0.29) is 11.8 Å². The third-order valence-corrected chi connectivity index (χ3v) is 5.47. The number of carboxylic acids is 1. The number of amides is 1. The Morgan fingerprint density at radius 2 is 1.85 bits per heavy atom. The minimum atomic E-state index is -0.919. The van der Waals surface area contributed by atoms with Crippen molar-refractivity contribution in [3.05, 3.63) is 17.0 Å². The Bertz CT molecular complexity index is 697. The molecular weight excluding hydrogens is 346 g/mol. The molecule has 0 bridgehead atoms. The SMILES string of the molecule is CC(C)(C)OC(=O)N1CCC(CCn2nc(C(=O)O)c3c2CCCC3)CC1. The van der Waals surface area contributed by atoms with Gasteiger partial charge in [0.15, 0.2) is 5.69 Å². The molecule has 2 aliphatic rings. The van der Waals surface area contributed by atoms with Crippen LogP contribution in [0.4, 0.5) is 4.79 Å². The van der Waals surface area contributed by atoms with Crippen molar-refractivity contribution in [2.45, 2.75) is 77.9 Å². The van der Waals surface area contributed by atoms with Gasteiger partial charge in [-0.15, -0.1) is 0 Å². The Labute approximate surface area is 160 Å². The number of aromatic carboxylic acids is 1. The molecule has 1 N–H and O–H groups in total. The van der Waals surface area contributed by atoms with Crippen LogP contribution >= 0.6 is 0 Å². The van der Waals surface area contributed by atoms with Gasteiger partial charge in [0.25, 0.3) is 0 Å². The van der Waals surface area contributed by atoms with Crippen LogP contribution < -0.4 is 0 Å². The van der Waals surface area contributed by atoms with Crippen LogP contribution in [0.15, 0.2) is 0 Å². The van der Waals surface area contributed by atoms with Gasteiger partial charge in [-0.05, 0) is 71.6 Å². The maximum Gasteiger partial charge on any atom is 0.410 e. The summed E-state index contributed by atoms with van der Waals surface area (Å²) >= 11 is 0. The number of likely N-dealkylation sites (tertiary alicyclic amines) is 1. The van der Waals surface area contributed by atoms with Gasteiger partial charge in [-0.1, -0.05) is 0 Å². The van der Waals surface area contributed by atoms with Crippen molar-refractivity contribution < 1.29 is 19.4 Å². The molecule has 2 heterocycles. The highest BCUT2D eigenvalue weighted by Crippen LogP contribution is 2.27. The highest BCUT2D eigenvalue weighted by Gasteiger charge is 2.28. The first-order chi connectivity index (χ1) is 12.7. The second-order valence-corrected chi connectivity index (χ2v) is 8.71. The van der Waals surface area contributed by atoms with Crippen LogP contribution in [0.5, 0.6) is 0 Å². The molecule has 0 radical (unpaired) electrons. The molecule has 7 heteroatoms. The standard InChI is InChI=1S/C20H31N3O4/c1-20(2,3)27-19(26)22-11-8-14(9-12-22)10-13-23-16-7-5-4-6-15(16)17(21-23)18(24)25/h14H,4-13H2,1-3H3,(H,24,25). The fourth-order valence-electron chi connectivity index (χ4n) is 4.06. The zero-order valence-electron chi connectivity index (χ0n) is 16.7. The van der Waals surface area contributed by atoms with E-state index in [1.54, 1.807) is 4.90 Å². The molecule has 1 aliphatic heterocycles. The molecule has 27 heavy (non-hydrogen) atoms. The van der Waals surface area contributed by atoms with E-state index in [4.69, 9.17) is 4.74 Å². The molecule has 7 nitrogen and oxygen atoms in total. The molecule has 0 saturated carbocycles. The highest BCUT2D eigenvalue weighted by molar-refractivity contribution is 5.87. The number of carboxylic acid groups (broad SMARTS) is 1. The Hall–Kier alpha value is -2.05. The van der Waals surface area contributed by atoms with Crippen LogP contribution in [-0.2, 0) is 24.1 Å². The van der Waals surface area contributed by atoms with Crippen molar-refractivity contribution in [3.8, 4) is 0 Å². The molecule has 1 aliphatic carbocycles. The lowest BCUT2D eigenvalue weighted by Crippen LogP contribution is -2.41. The van der Waals surface area contributed by atoms with E-state index in [9.17, 15) is 14.7 Å². The first-order valence-corrected chi connectivity index (χ1v) is 10.0. The summed E-state index contributed by atoms with van der Waals surface area (Å²) in [5.74, 6) is -0.391. The maximum absolute atomic E-state index is 12.2. The largest absolute Gasteiger partial charge is 0.476 e. The van der Waals surface area contributed by atoms with Crippen LogP contribution in [0.2, 0.25) is 0 Å². The molecule has 1 saturated heterocycles. The van der Waals surface area contributed by atoms with Crippen molar-refractivity contribution >= 4 is 12.1 Å². The smallest absolute Gasteiger partial charge is 0.410 e. The topological polar surface area (TPSA) is 84.7 Å². The second-order valence-electron chi connectivity index (χ2n) is 8.71. The van der Waals surface area contributed by atoms with Gasteiger partial charge >= 0.3 is 12.1 Å². The zero-order chi connectivity index (χ0) is 19.6. The highest BCUT2D eigenvalue weighted by atomic mass is 16.6. The van der Waals surface area contributed by atoms with E-state index >= 15 is 0 Å². The molecule has 1 aromatic rings. The van der Waals surface area contributed by atoms with Crippen molar-refractivity contribution in [1.82, 2.24) is 14.7 Å². The number of hydrogen-bond donors (Lipinski definition) is 1. The lowest BCUT2D eigenvalue weighted by molar-refractivity contribution is 0.0179. The van der Waals surface area contributed by atoms with Crippen molar-refractivity contribution in [2.75, 3.05) is 13.1 Å². The first kappa shape index (κ1) is 19.7. The van der Waals surface area contributed by atoms with E-state index in [0.29, 0.717) is 5.92 Å². The summed E-state index contributed by atoms with van der Waals surface area (Å²) in [4.78, 5) is 25.4. The van der Waals surface area contributed by atoms with Gasteiger partial charge in [0.1, 0.15) is 5.60 Å². The summed E-state index contributed by atoms with van der Waals surface area (Å²) < 4.78 is 7.38. The lowest BCUT2D eigenvalue weighted by atomic mass is 9.93. The summed E-state index contributed by atoms with van der Waals surface area (Å²) in [6, 6.07) is 0. The van der Waals surface area contributed by atoms with E-state index in [0.717, 1.165) is 75.8 Å². The number of rotatable bonds is 4. The number of ether oxygens (including phenoxy) is 1. The van der Waals surface area contributed by atoms with Gasteiger partial charge in [0.05, 0.1) is 0 Å². The molecule has 3 rings (SSSR count). The lowest BCUT2D eigenvalue weighted by Gasteiger charge is -2.33. The van der Waals surface area contributed by atoms with E-state index in [1.165, 1.54) is 0 Å². The van der Waals surface area contributed by atoms with Gasteiger partial charge in [0, 0.05) is 30.9 Å². The van der Waals surface area contributed by atoms with Gasteiger partial charge in [-0.3, -0.25) is 4.68 Å². The zero-order valence-corrected chi connectivity index (χ0v) is 16.7. The van der Waals surface area contributed by atoms with E-state index < -0.39 is 11.6 Å². The number of aromatic nitrogens is 2. The molecule has 1 fully saturated rings. The summed E-state index contributed by atoms with van der Waals surface area (Å²) in [5, 5.41) is 13.8. The van der Waals surface area contributed by atoms with Crippen LogP contribution in [-0.4, -0.2) is 50.5 Å². The van der Waals surface area contributed by atoms with Crippen molar-refractivity contribution in [3.63, 3.8) is 0 Å². The first-order valence-electron chi connectivity index (χ1n) is 10.0. The summed E-state index contributed by atoms with van der Waals surface area (Å²) in [6.07, 6.45) is 6.54. The van der Waals surface area contributed by atoms with Gasteiger partial charge < -0.3 is 14.7 Å². The van der Waals surface area contributed by atoms with Crippen LogP contribution in [0, 0.1) is 5.92 Å². The predicted octanol–water partition coefficient (Wildman–Crippen LogP) is 3.50. The summed E-state index contributed by atoms with van der Waals surface area (Å²) in [7, 11) is 0. The summed E-state index contributed by atoms with van der Waals surface area (Å²) in [5.41, 5.74) is 1.83. The molecule has 0 atom stereocenters. The average Bonchev–Trinajstić information content (AvgIpc) is 2.98. The maximum atomic E-state index is 12.2.